The monoisotopic (exact) mass is 557 g/mol. The molecule has 0 spiro atoms. The average molecular weight is 558 g/mol. The zero-order valence-corrected chi connectivity index (χ0v) is 24.9. The van der Waals surface area contributed by atoms with Crippen LogP contribution in [-0.2, 0) is 19.7 Å². The van der Waals surface area contributed by atoms with Crippen molar-refractivity contribution in [3.05, 3.63) is 46.3 Å². The maximum absolute atomic E-state index is 13.4. The predicted molar refractivity (Wildman–Crippen MR) is 150 cm³/mol. The second-order valence-electron chi connectivity index (χ2n) is 14.2. The van der Waals surface area contributed by atoms with Crippen LogP contribution in [0.4, 0.5) is 0 Å². The lowest BCUT2D eigenvalue weighted by Crippen LogP contribution is -2.62. The molecule has 3 fully saturated rings. The minimum atomic E-state index is -4.14. The summed E-state index contributed by atoms with van der Waals surface area (Å²) in [7, 11) is -4.14. The summed E-state index contributed by atoms with van der Waals surface area (Å²) in [5.41, 5.74) is 2.97. The van der Waals surface area contributed by atoms with Gasteiger partial charge in [-0.1, -0.05) is 52.3 Å². The van der Waals surface area contributed by atoms with Crippen molar-refractivity contribution in [3.8, 4) is 0 Å². The highest BCUT2D eigenvalue weighted by Crippen LogP contribution is 2.75. The van der Waals surface area contributed by atoms with E-state index < -0.39 is 21.3 Å². The number of hydrogen-bond donors (Lipinski definition) is 3. The lowest BCUT2D eigenvalue weighted by molar-refractivity contribution is -0.169. The zero-order valence-electron chi connectivity index (χ0n) is 24.1. The fourth-order valence-electron chi connectivity index (χ4n) is 9.17. The third-order valence-corrected chi connectivity index (χ3v) is 12.8. The molecule has 0 saturated heterocycles. The van der Waals surface area contributed by atoms with E-state index in [9.17, 15) is 23.1 Å². The molecule has 5 rings (SSSR count). The topological polar surface area (TPSA) is 121 Å². The van der Waals surface area contributed by atoms with Gasteiger partial charge in [-0.15, -0.1) is 0 Å². The first-order valence-electron chi connectivity index (χ1n) is 14.2. The first-order chi connectivity index (χ1) is 17.9. The van der Waals surface area contributed by atoms with Crippen molar-refractivity contribution in [2.75, 3.05) is 12.3 Å². The number of aliphatic hydroxyl groups excluding tert-OH is 1. The highest BCUT2D eigenvalue weighted by atomic mass is 32.2. The molecule has 214 valence electrons. The van der Waals surface area contributed by atoms with Gasteiger partial charge in [-0.2, -0.15) is 8.42 Å². The predicted octanol–water partition coefficient (Wildman–Crippen LogP) is 5.62. The van der Waals surface area contributed by atoms with Gasteiger partial charge in [0.15, 0.2) is 5.76 Å². The van der Waals surface area contributed by atoms with Crippen LogP contribution < -0.4 is 5.32 Å². The Morgan fingerprint density at radius 3 is 2.36 bits per heavy atom. The van der Waals surface area contributed by atoms with Crippen LogP contribution in [-0.4, -0.2) is 42.1 Å². The second kappa shape index (κ2) is 8.65. The molecule has 8 heteroatoms. The summed E-state index contributed by atoms with van der Waals surface area (Å²) in [4.78, 5) is 26.1. The molecule has 0 radical (unpaired) electrons. The van der Waals surface area contributed by atoms with Crippen LogP contribution in [0.2, 0.25) is 0 Å². The fourth-order valence-corrected chi connectivity index (χ4v) is 9.53. The molecule has 0 unspecified atom stereocenters. The number of aliphatic hydroxyl groups is 1. The Labute approximate surface area is 232 Å². The van der Waals surface area contributed by atoms with Crippen LogP contribution in [0.3, 0.4) is 0 Å². The summed E-state index contributed by atoms with van der Waals surface area (Å²) in [5.74, 6) is -0.818. The fraction of sp³-hybridized carbons (Fsp3) is 0.677. The minimum absolute atomic E-state index is 0.0701. The molecule has 0 aromatic carbocycles. The Hall–Kier alpha value is -2.19. The molecule has 3 N–H and O–H groups in total. The maximum Gasteiger partial charge on any atom is 0.266 e. The van der Waals surface area contributed by atoms with Gasteiger partial charge >= 0.3 is 0 Å². The lowest BCUT2D eigenvalue weighted by atomic mass is 9.34. The van der Waals surface area contributed by atoms with E-state index in [4.69, 9.17) is 4.55 Å². The number of carbonyl (C=O) groups is 2. The van der Waals surface area contributed by atoms with Crippen LogP contribution in [0.25, 0.3) is 0 Å². The van der Waals surface area contributed by atoms with Gasteiger partial charge in [0, 0.05) is 22.9 Å². The number of carbonyl (C=O) groups excluding carboxylic acids is 2. The molecular formula is C31H43NO6S. The number of ketones is 1. The Bertz CT molecular complexity index is 1390. The standard InChI is InChI=1S/C31H43NO6S/c1-19-20-7-8-23-29(4,21(20)17-22(33)25(19)34)12-14-31(6)24-18-28(3,26(35)32-15-16-39(36,37)38)10-9-27(24,2)11-13-30(23,31)5/h7-8,17,24,34H,9-16,18H2,1-6H3,(H,32,35)(H,36,37,38)/t24-,27-,28-,29+,30-,31+/m1/s1. The molecular weight excluding hydrogens is 514 g/mol. The van der Waals surface area contributed by atoms with E-state index in [1.807, 2.05) is 13.8 Å². The van der Waals surface area contributed by atoms with Crippen LogP contribution in [0, 0.1) is 33.0 Å². The van der Waals surface area contributed by atoms with Crippen LogP contribution in [0.1, 0.15) is 86.5 Å². The molecule has 5 aliphatic rings. The Morgan fingerprint density at radius 2 is 1.69 bits per heavy atom. The van der Waals surface area contributed by atoms with Gasteiger partial charge < -0.3 is 10.4 Å². The molecule has 0 aliphatic heterocycles. The van der Waals surface area contributed by atoms with Gasteiger partial charge in [-0.3, -0.25) is 14.1 Å². The minimum Gasteiger partial charge on any atom is -0.504 e. The number of amides is 1. The second-order valence-corrected chi connectivity index (χ2v) is 15.7. The normalized spacial score (nSPS) is 41.8. The van der Waals surface area contributed by atoms with E-state index in [1.165, 1.54) is 5.57 Å². The molecule has 0 aromatic heterocycles. The van der Waals surface area contributed by atoms with Crippen molar-refractivity contribution in [3.63, 3.8) is 0 Å². The number of fused-ring (bicyclic) bond motifs is 7. The lowest BCUT2D eigenvalue weighted by Gasteiger charge is -2.70. The summed E-state index contributed by atoms with van der Waals surface area (Å²) >= 11 is 0. The highest BCUT2D eigenvalue weighted by molar-refractivity contribution is 7.85. The van der Waals surface area contributed by atoms with E-state index >= 15 is 0 Å². The van der Waals surface area contributed by atoms with Crippen molar-refractivity contribution in [1.29, 1.82) is 0 Å². The SMILES string of the molecule is CC1=C(O)C(=O)C=C2C1=CC=C1[C@@]2(C)CC[C@@]2(C)[C@@H]3C[C@](C)(C(=O)NCCS(=O)(=O)O)CC[C@]3(C)CC[C@]12C. The molecule has 3 saturated carbocycles. The molecule has 39 heavy (non-hydrogen) atoms. The molecule has 0 heterocycles. The van der Waals surface area contributed by atoms with Crippen LogP contribution >= 0.6 is 0 Å². The molecule has 1 amide bonds. The number of allylic oxidation sites excluding steroid dienone is 7. The van der Waals surface area contributed by atoms with Crippen molar-refractivity contribution < 1.29 is 27.7 Å². The summed E-state index contributed by atoms with van der Waals surface area (Å²) in [6.07, 6.45) is 12.4. The van der Waals surface area contributed by atoms with E-state index in [0.717, 1.165) is 56.1 Å². The quantitative estimate of drug-likeness (QED) is 0.386. The largest absolute Gasteiger partial charge is 0.504 e. The Morgan fingerprint density at radius 1 is 1.03 bits per heavy atom. The molecule has 0 bridgehead atoms. The third kappa shape index (κ3) is 4.03. The third-order valence-electron chi connectivity index (χ3n) is 12.1. The van der Waals surface area contributed by atoms with Crippen molar-refractivity contribution >= 4 is 21.8 Å². The van der Waals surface area contributed by atoms with E-state index in [2.05, 4.69) is 45.2 Å². The maximum atomic E-state index is 13.4. The first-order valence-corrected chi connectivity index (χ1v) is 15.8. The summed E-state index contributed by atoms with van der Waals surface area (Å²) in [6.45, 7) is 13.2. The van der Waals surface area contributed by atoms with Gasteiger partial charge in [0.25, 0.3) is 10.1 Å². The summed E-state index contributed by atoms with van der Waals surface area (Å²) < 4.78 is 31.4. The van der Waals surface area contributed by atoms with Gasteiger partial charge in [0.2, 0.25) is 11.7 Å². The summed E-state index contributed by atoms with van der Waals surface area (Å²) in [5, 5.41) is 13.1. The zero-order chi connectivity index (χ0) is 28.8. The first kappa shape index (κ1) is 28.3. The van der Waals surface area contributed by atoms with Gasteiger partial charge in [-0.05, 0) is 91.3 Å². The molecule has 5 aliphatic carbocycles. The molecule has 6 atom stereocenters. The summed E-state index contributed by atoms with van der Waals surface area (Å²) in [6, 6.07) is 0. The average Bonchev–Trinajstić information content (AvgIpc) is 2.85. The number of nitrogens with one attached hydrogen (secondary N) is 1. The smallest absolute Gasteiger partial charge is 0.266 e. The van der Waals surface area contributed by atoms with Crippen LogP contribution in [0.15, 0.2) is 46.3 Å². The Balaban J connectivity index is 1.51. The number of rotatable bonds is 4. The van der Waals surface area contributed by atoms with Crippen molar-refractivity contribution in [2.45, 2.75) is 86.5 Å². The van der Waals surface area contributed by atoms with Crippen molar-refractivity contribution in [2.24, 2.45) is 33.0 Å². The van der Waals surface area contributed by atoms with Crippen LogP contribution in [0.5, 0.6) is 0 Å². The van der Waals surface area contributed by atoms with E-state index in [-0.39, 0.29) is 45.7 Å². The van der Waals surface area contributed by atoms with Gasteiger partial charge in [-0.25, -0.2) is 0 Å². The van der Waals surface area contributed by atoms with E-state index in [0.29, 0.717) is 11.5 Å². The molecule has 7 nitrogen and oxygen atoms in total. The van der Waals surface area contributed by atoms with Gasteiger partial charge in [0.05, 0.1) is 5.75 Å². The molecule has 0 aromatic rings. The highest BCUT2D eigenvalue weighted by Gasteiger charge is 2.67. The van der Waals surface area contributed by atoms with E-state index in [1.54, 1.807) is 6.08 Å². The van der Waals surface area contributed by atoms with Gasteiger partial charge in [0.1, 0.15) is 0 Å². The number of hydrogen-bond acceptors (Lipinski definition) is 5. The Kier molecular flexibility index (Phi) is 6.29. The van der Waals surface area contributed by atoms with Crippen molar-refractivity contribution in [1.82, 2.24) is 5.32 Å².